The van der Waals surface area contributed by atoms with E-state index >= 15 is 0 Å². The number of benzene rings is 2. The smallest absolute Gasteiger partial charge is 0.227 e. The first-order chi connectivity index (χ1) is 12.1. The Balaban J connectivity index is 1.60. The number of halogens is 1. The van der Waals surface area contributed by atoms with Gasteiger partial charge in [0.05, 0.1) is 5.92 Å². The van der Waals surface area contributed by atoms with Gasteiger partial charge in [-0.05, 0) is 41.8 Å². The molecule has 0 aromatic heterocycles. The van der Waals surface area contributed by atoms with Crippen LogP contribution in [0.25, 0.3) is 0 Å². The fourth-order valence-corrected chi connectivity index (χ4v) is 3.24. The Bertz CT molecular complexity index is 774. The zero-order valence-corrected chi connectivity index (χ0v) is 14.9. The quantitative estimate of drug-likeness (QED) is 0.890. The molecule has 25 heavy (non-hydrogen) atoms. The van der Waals surface area contributed by atoms with E-state index in [4.69, 9.17) is 11.6 Å². The summed E-state index contributed by atoms with van der Waals surface area (Å²) < 4.78 is 0. The molecule has 0 saturated carbocycles. The maximum absolute atomic E-state index is 12.4. The van der Waals surface area contributed by atoms with Gasteiger partial charge in [0.15, 0.2) is 0 Å². The van der Waals surface area contributed by atoms with Crippen LogP contribution < -0.4 is 10.2 Å². The minimum Gasteiger partial charge on any atom is -0.352 e. The molecule has 130 valence electrons. The predicted octanol–water partition coefficient (Wildman–Crippen LogP) is 3.57. The first-order valence-electron chi connectivity index (χ1n) is 8.48. The van der Waals surface area contributed by atoms with E-state index in [1.807, 2.05) is 42.5 Å². The summed E-state index contributed by atoms with van der Waals surface area (Å²) in [6, 6.07) is 15.3. The van der Waals surface area contributed by atoms with Gasteiger partial charge in [-0.15, -0.1) is 0 Å². The predicted molar refractivity (Wildman–Crippen MR) is 99.6 cm³/mol. The van der Waals surface area contributed by atoms with Gasteiger partial charge in [-0.2, -0.15) is 0 Å². The molecule has 3 rings (SSSR count). The van der Waals surface area contributed by atoms with Crippen LogP contribution in [0.4, 0.5) is 5.69 Å². The average Bonchev–Trinajstić information content (AvgIpc) is 3.02. The molecule has 2 aromatic carbocycles. The normalized spacial score (nSPS) is 17.0. The number of nitrogens with one attached hydrogen (secondary N) is 1. The molecule has 1 N–H and O–H groups in total. The molecule has 1 atom stereocenters. The molecule has 0 aliphatic carbocycles. The minimum absolute atomic E-state index is 0.00726. The van der Waals surface area contributed by atoms with E-state index in [-0.39, 0.29) is 24.2 Å². The second-order valence-electron chi connectivity index (χ2n) is 6.27. The molecule has 0 unspecified atom stereocenters. The molecule has 1 heterocycles. The highest BCUT2D eigenvalue weighted by Gasteiger charge is 2.34. The van der Waals surface area contributed by atoms with Crippen LogP contribution >= 0.6 is 11.6 Å². The van der Waals surface area contributed by atoms with Crippen molar-refractivity contribution in [2.24, 2.45) is 5.92 Å². The van der Waals surface area contributed by atoms with E-state index in [0.717, 1.165) is 17.7 Å². The van der Waals surface area contributed by atoms with E-state index in [2.05, 4.69) is 12.2 Å². The standard InChI is InChI=1S/C20H21ClN2O2/c1-2-14-6-8-18(9-7-14)23-13-16(11-19(23)24)20(25)22-12-15-4-3-5-17(21)10-15/h3-10,16H,2,11-13H2,1H3,(H,22,25)/t16-/m0/s1. The number of carbonyl (C=O) groups excluding carboxylic acids is 2. The van der Waals surface area contributed by atoms with E-state index in [0.29, 0.717) is 18.1 Å². The fraction of sp³-hybridized carbons (Fsp3) is 0.300. The molecule has 1 aliphatic heterocycles. The van der Waals surface area contributed by atoms with Crippen LogP contribution in [0.5, 0.6) is 0 Å². The Morgan fingerprint density at radius 2 is 1.96 bits per heavy atom. The highest BCUT2D eigenvalue weighted by atomic mass is 35.5. The lowest BCUT2D eigenvalue weighted by Crippen LogP contribution is -2.32. The minimum atomic E-state index is -0.322. The highest BCUT2D eigenvalue weighted by molar-refractivity contribution is 6.30. The van der Waals surface area contributed by atoms with Crippen LogP contribution in [-0.2, 0) is 22.6 Å². The summed E-state index contributed by atoms with van der Waals surface area (Å²) in [6.45, 7) is 2.93. The van der Waals surface area contributed by atoms with Gasteiger partial charge in [-0.25, -0.2) is 0 Å². The number of nitrogens with zero attached hydrogens (tertiary/aromatic N) is 1. The maximum atomic E-state index is 12.4. The third-order valence-electron chi connectivity index (χ3n) is 4.51. The lowest BCUT2D eigenvalue weighted by Gasteiger charge is -2.17. The van der Waals surface area contributed by atoms with Crippen molar-refractivity contribution < 1.29 is 9.59 Å². The number of anilines is 1. The molecule has 0 spiro atoms. The first-order valence-corrected chi connectivity index (χ1v) is 8.86. The molecule has 4 nitrogen and oxygen atoms in total. The van der Waals surface area contributed by atoms with E-state index in [9.17, 15) is 9.59 Å². The molecular formula is C20H21ClN2O2. The molecular weight excluding hydrogens is 336 g/mol. The van der Waals surface area contributed by atoms with Gasteiger partial charge in [0.25, 0.3) is 0 Å². The Morgan fingerprint density at radius 3 is 2.64 bits per heavy atom. The van der Waals surface area contributed by atoms with Gasteiger partial charge in [-0.1, -0.05) is 42.8 Å². The summed E-state index contributed by atoms with van der Waals surface area (Å²) in [7, 11) is 0. The molecule has 2 amide bonds. The van der Waals surface area contributed by atoms with Crippen molar-refractivity contribution in [1.82, 2.24) is 5.32 Å². The second-order valence-corrected chi connectivity index (χ2v) is 6.71. The largest absolute Gasteiger partial charge is 0.352 e. The van der Waals surface area contributed by atoms with Crippen molar-refractivity contribution in [3.05, 3.63) is 64.7 Å². The molecule has 2 aromatic rings. The summed E-state index contributed by atoms with van der Waals surface area (Å²) in [4.78, 5) is 26.4. The molecule has 0 radical (unpaired) electrons. The fourth-order valence-electron chi connectivity index (χ4n) is 3.02. The summed E-state index contributed by atoms with van der Waals surface area (Å²) in [5.41, 5.74) is 3.02. The van der Waals surface area contributed by atoms with Crippen LogP contribution in [0, 0.1) is 5.92 Å². The summed E-state index contributed by atoms with van der Waals surface area (Å²) in [6.07, 6.45) is 1.21. The van der Waals surface area contributed by atoms with Crippen LogP contribution in [-0.4, -0.2) is 18.4 Å². The Kier molecular flexibility index (Phi) is 5.39. The third kappa shape index (κ3) is 4.20. The maximum Gasteiger partial charge on any atom is 0.227 e. The number of amides is 2. The van der Waals surface area contributed by atoms with Gasteiger partial charge < -0.3 is 10.2 Å². The highest BCUT2D eigenvalue weighted by Crippen LogP contribution is 2.25. The van der Waals surface area contributed by atoms with E-state index < -0.39 is 0 Å². The first kappa shape index (κ1) is 17.5. The monoisotopic (exact) mass is 356 g/mol. The number of carbonyl (C=O) groups is 2. The van der Waals surface area contributed by atoms with Crippen LogP contribution in [0.1, 0.15) is 24.5 Å². The van der Waals surface area contributed by atoms with Gasteiger partial charge in [0.1, 0.15) is 0 Å². The SMILES string of the molecule is CCc1ccc(N2C[C@@H](C(=O)NCc3cccc(Cl)c3)CC2=O)cc1. The topological polar surface area (TPSA) is 49.4 Å². The van der Waals surface area contributed by atoms with E-state index in [1.54, 1.807) is 11.0 Å². The van der Waals surface area contributed by atoms with Crippen molar-refractivity contribution in [2.45, 2.75) is 26.3 Å². The second kappa shape index (κ2) is 7.70. The zero-order chi connectivity index (χ0) is 17.8. The van der Waals surface area contributed by atoms with Crippen molar-refractivity contribution in [2.75, 3.05) is 11.4 Å². The van der Waals surface area contributed by atoms with Crippen molar-refractivity contribution in [3.63, 3.8) is 0 Å². The Labute approximate surface area is 152 Å². The summed E-state index contributed by atoms with van der Waals surface area (Å²) >= 11 is 5.95. The van der Waals surface area contributed by atoms with Crippen LogP contribution in [0.3, 0.4) is 0 Å². The zero-order valence-electron chi connectivity index (χ0n) is 14.2. The molecule has 0 bridgehead atoms. The summed E-state index contributed by atoms with van der Waals surface area (Å²) in [5, 5.41) is 3.55. The van der Waals surface area contributed by atoms with Crippen LogP contribution in [0.2, 0.25) is 5.02 Å². The van der Waals surface area contributed by atoms with Gasteiger partial charge in [0.2, 0.25) is 11.8 Å². The van der Waals surface area contributed by atoms with Crippen LogP contribution in [0.15, 0.2) is 48.5 Å². The Morgan fingerprint density at radius 1 is 1.20 bits per heavy atom. The average molecular weight is 357 g/mol. The number of aryl methyl sites for hydroxylation is 1. The molecule has 1 fully saturated rings. The Hall–Kier alpha value is -2.33. The lowest BCUT2D eigenvalue weighted by atomic mass is 10.1. The van der Waals surface area contributed by atoms with Gasteiger partial charge in [-0.3, -0.25) is 9.59 Å². The third-order valence-corrected chi connectivity index (χ3v) is 4.74. The molecule has 5 heteroatoms. The number of hydrogen-bond acceptors (Lipinski definition) is 2. The summed E-state index contributed by atoms with van der Waals surface area (Å²) in [5.74, 6) is -0.425. The lowest BCUT2D eigenvalue weighted by molar-refractivity contribution is -0.126. The number of rotatable bonds is 5. The van der Waals surface area contributed by atoms with E-state index in [1.165, 1.54) is 5.56 Å². The molecule has 1 aliphatic rings. The van der Waals surface area contributed by atoms with Gasteiger partial charge >= 0.3 is 0 Å². The molecule has 1 saturated heterocycles. The van der Waals surface area contributed by atoms with Crippen molar-refractivity contribution in [1.29, 1.82) is 0 Å². The van der Waals surface area contributed by atoms with Crippen molar-refractivity contribution >= 4 is 29.1 Å². The number of hydrogen-bond donors (Lipinski definition) is 1. The van der Waals surface area contributed by atoms with Crippen molar-refractivity contribution in [3.8, 4) is 0 Å². The van der Waals surface area contributed by atoms with Gasteiger partial charge in [0, 0.05) is 30.2 Å².